The minimum absolute atomic E-state index is 0.460. The molecular weight excluding hydrogens is 242 g/mol. The largest absolute Gasteiger partial charge is 0.380 e. The molecule has 1 N–H and O–H groups in total. The molecule has 0 bridgehead atoms. The fraction of sp³-hybridized carbons (Fsp3) is 0.600. The van der Waals surface area contributed by atoms with Crippen LogP contribution in [0.3, 0.4) is 0 Å². The van der Waals surface area contributed by atoms with Gasteiger partial charge in [0, 0.05) is 22.8 Å². The SMILES string of the molecule is CCCNC(COCC)C1Cc2ccccc2S1. The highest BCUT2D eigenvalue weighted by atomic mass is 32.2. The molecule has 2 atom stereocenters. The second-order valence-corrected chi connectivity index (χ2v) is 5.97. The highest BCUT2D eigenvalue weighted by Gasteiger charge is 2.28. The van der Waals surface area contributed by atoms with E-state index in [1.54, 1.807) is 0 Å². The minimum Gasteiger partial charge on any atom is -0.380 e. The number of benzene rings is 1. The van der Waals surface area contributed by atoms with Crippen molar-refractivity contribution in [1.29, 1.82) is 0 Å². The molecule has 2 nitrogen and oxygen atoms in total. The van der Waals surface area contributed by atoms with Crippen molar-refractivity contribution in [3.8, 4) is 0 Å². The van der Waals surface area contributed by atoms with Gasteiger partial charge in [-0.1, -0.05) is 25.1 Å². The van der Waals surface area contributed by atoms with Crippen LogP contribution in [0.1, 0.15) is 25.8 Å². The number of thioether (sulfide) groups is 1. The summed E-state index contributed by atoms with van der Waals surface area (Å²) in [7, 11) is 0. The smallest absolute Gasteiger partial charge is 0.0630 e. The third-order valence-electron chi connectivity index (χ3n) is 3.28. The van der Waals surface area contributed by atoms with Gasteiger partial charge in [0.05, 0.1) is 6.61 Å². The fourth-order valence-corrected chi connectivity index (χ4v) is 3.69. The summed E-state index contributed by atoms with van der Waals surface area (Å²) in [4.78, 5) is 1.45. The van der Waals surface area contributed by atoms with Crippen LogP contribution in [0.5, 0.6) is 0 Å². The van der Waals surface area contributed by atoms with Gasteiger partial charge >= 0.3 is 0 Å². The third-order valence-corrected chi connectivity index (χ3v) is 4.73. The zero-order valence-corrected chi connectivity index (χ0v) is 12.1. The maximum Gasteiger partial charge on any atom is 0.0630 e. The maximum atomic E-state index is 5.63. The van der Waals surface area contributed by atoms with Crippen molar-refractivity contribution >= 4 is 11.8 Å². The fourth-order valence-electron chi connectivity index (χ4n) is 2.31. The molecule has 0 fully saturated rings. The van der Waals surface area contributed by atoms with Crippen LogP contribution in [0.4, 0.5) is 0 Å². The average Bonchev–Trinajstić information content (AvgIpc) is 2.82. The Hall–Kier alpha value is -0.510. The summed E-state index contributed by atoms with van der Waals surface area (Å²) in [6, 6.07) is 9.21. The predicted molar refractivity (Wildman–Crippen MR) is 78.4 cm³/mol. The molecular formula is C15H23NOS. The van der Waals surface area contributed by atoms with E-state index in [2.05, 4.69) is 43.4 Å². The minimum atomic E-state index is 0.460. The Labute approximate surface area is 114 Å². The number of rotatable bonds is 7. The molecule has 18 heavy (non-hydrogen) atoms. The summed E-state index contributed by atoms with van der Waals surface area (Å²) in [6.07, 6.45) is 2.34. The quantitative estimate of drug-likeness (QED) is 0.818. The van der Waals surface area contributed by atoms with E-state index in [9.17, 15) is 0 Å². The Morgan fingerprint density at radius 2 is 2.22 bits per heavy atom. The summed E-state index contributed by atoms with van der Waals surface area (Å²) in [5.74, 6) is 0. The van der Waals surface area contributed by atoms with Crippen LogP contribution < -0.4 is 5.32 Å². The van der Waals surface area contributed by atoms with Gasteiger partial charge in [0.15, 0.2) is 0 Å². The molecule has 0 saturated heterocycles. The number of hydrogen-bond acceptors (Lipinski definition) is 3. The van der Waals surface area contributed by atoms with Crippen molar-refractivity contribution in [2.75, 3.05) is 19.8 Å². The van der Waals surface area contributed by atoms with E-state index >= 15 is 0 Å². The summed E-state index contributed by atoms with van der Waals surface area (Å²) in [6.45, 7) is 6.97. The Morgan fingerprint density at radius 3 is 2.94 bits per heavy atom. The molecule has 1 aliphatic heterocycles. The zero-order valence-electron chi connectivity index (χ0n) is 11.3. The second-order valence-electron chi connectivity index (χ2n) is 4.69. The van der Waals surface area contributed by atoms with E-state index in [4.69, 9.17) is 4.74 Å². The third kappa shape index (κ3) is 3.50. The lowest BCUT2D eigenvalue weighted by Gasteiger charge is -2.23. The number of ether oxygens (including phenoxy) is 1. The van der Waals surface area contributed by atoms with Crippen molar-refractivity contribution in [2.45, 2.75) is 42.9 Å². The summed E-state index contributed by atoms with van der Waals surface area (Å²) >= 11 is 2.00. The first-order chi connectivity index (χ1) is 8.85. The average molecular weight is 265 g/mol. The molecule has 0 spiro atoms. The highest BCUT2D eigenvalue weighted by Crippen LogP contribution is 2.38. The van der Waals surface area contributed by atoms with Crippen molar-refractivity contribution in [1.82, 2.24) is 5.32 Å². The molecule has 2 rings (SSSR count). The van der Waals surface area contributed by atoms with Crippen molar-refractivity contribution < 1.29 is 4.74 Å². The molecule has 0 saturated carbocycles. The number of hydrogen-bond donors (Lipinski definition) is 1. The molecule has 0 radical (unpaired) electrons. The van der Waals surface area contributed by atoms with Gasteiger partial charge in [-0.25, -0.2) is 0 Å². The Balaban J connectivity index is 1.96. The maximum absolute atomic E-state index is 5.63. The molecule has 1 heterocycles. The van der Waals surface area contributed by atoms with E-state index in [0.29, 0.717) is 11.3 Å². The van der Waals surface area contributed by atoms with Crippen LogP contribution in [0.2, 0.25) is 0 Å². The van der Waals surface area contributed by atoms with Gasteiger partial charge in [-0.15, -0.1) is 11.8 Å². The second kappa shape index (κ2) is 7.17. The molecule has 0 amide bonds. The van der Waals surface area contributed by atoms with Crippen LogP contribution in [0.25, 0.3) is 0 Å². The normalized spacial score (nSPS) is 19.8. The standard InChI is InChI=1S/C15H23NOS/c1-3-9-16-13(11-17-4-2)15-10-12-7-5-6-8-14(12)18-15/h5-8,13,15-16H,3-4,9-11H2,1-2H3. The first kappa shape index (κ1) is 13.9. The van der Waals surface area contributed by atoms with Crippen molar-refractivity contribution in [2.24, 2.45) is 0 Å². The molecule has 3 heteroatoms. The van der Waals surface area contributed by atoms with Crippen LogP contribution in [-0.4, -0.2) is 31.1 Å². The predicted octanol–water partition coefficient (Wildman–Crippen LogP) is 3.11. The molecule has 1 aliphatic rings. The molecule has 100 valence electrons. The Kier molecular flexibility index (Phi) is 5.54. The first-order valence-electron chi connectivity index (χ1n) is 6.90. The Bertz CT molecular complexity index is 336. The molecule has 0 aromatic heterocycles. The molecule has 2 unspecified atom stereocenters. The highest BCUT2D eigenvalue weighted by molar-refractivity contribution is 8.00. The lowest BCUT2D eigenvalue weighted by Crippen LogP contribution is -2.42. The lowest BCUT2D eigenvalue weighted by atomic mass is 10.1. The van der Waals surface area contributed by atoms with Gasteiger partial charge in [0.1, 0.15) is 0 Å². The van der Waals surface area contributed by atoms with Gasteiger partial charge in [0.2, 0.25) is 0 Å². The van der Waals surface area contributed by atoms with E-state index in [-0.39, 0.29) is 0 Å². The summed E-state index contributed by atoms with van der Waals surface area (Å²) in [5.41, 5.74) is 1.49. The van der Waals surface area contributed by atoms with E-state index in [1.807, 2.05) is 11.8 Å². The molecule has 0 aliphatic carbocycles. The van der Waals surface area contributed by atoms with Crippen LogP contribution in [0.15, 0.2) is 29.2 Å². The van der Waals surface area contributed by atoms with Crippen LogP contribution in [0, 0.1) is 0 Å². The zero-order chi connectivity index (χ0) is 12.8. The van der Waals surface area contributed by atoms with E-state index in [0.717, 1.165) is 26.2 Å². The van der Waals surface area contributed by atoms with Crippen LogP contribution >= 0.6 is 11.8 Å². The summed E-state index contributed by atoms with van der Waals surface area (Å²) < 4.78 is 5.63. The number of fused-ring (bicyclic) bond motifs is 1. The first-order valence-corrected chi connectivity index (χ1v) is 7.78. The van der Waals surface area contributed by atoms with E-state index in [1.165, 1.54) is 16.9 Å². The van der Waals surface area contributed by atoms with Crippen molar-refractivity contribution in [3.63, 3.8) is 0 Å². The van der Waals surface area contributed by atoms with Gasteiger partial charge in [-0.3, -0.25) is 0 Å². The van der Waals surface area contributed by atoms with Gasteiger partial charge in [-0.05, 0) is 37.9 Å². The van der Waals surface area contributed by atoms with Gasteiger partial charge in [0.25, 0.3) is 0 Å². The number of nitrogens with one attached hydrogen (secondary N) is 1. The summed E-state index contributed by atoms with van der Waals surface area (Å²) in [5, 5.41) is 4.25. The van der Waals surface area contributed by atoms with Crippen LogP contribution in [-0.2, 0) is 11.2 Å². The van der Waals surface area contributed by atoms with Gasteiger partial charge in [-0.2, -0.15) is 0 Å². The van der Waals surface area contributed by atoms with Crippen molar-refractivity contribution in [3.05, 3.63) is 29.8 Å². The van der Waals surface area contributed by atoms with E-state index < -0.39 is 0 Å². The molecule has 1 aromatic rings. The lowest BCUT2D eigenvalue weighted by molar-refractivity contribution is 0.122. The topological polar surface area (TPSA) is 21.3 Å². The molecule has 1 aromatic carbocycles. The monoisotopic (exact) mass is 265 g/mol. The Morgan fingerprint density at radius 1 is 1.39 bits per heavy atom. The van der Waals surface area contributed by atoms with Gasteiger partial charge < -0.3 is 10.1 Å².